The van der Waals surface area contributed by atoms with Crippen LogP contribution in [0.2, 0.25) is 0 Å². The second-order valence-electron chi connectivity index (χ2n) is 7.87. The summed E-state index contributed by atoms with van der Waals surface area (Å²) in [5, 5.41) is 2.82. The van der Waals surface area contributed by atoms with Gasteiger partial charge in [0.05, 0.1) is 11.9 Å². The minimum absolute atomic E-state index is 0.173. The lowest BCUT2D eigenvalue weighted by atomic mass is 10.1. The summed E-state index contributed by atoms with van der Waals surface area (Å²) in [4.78, 5) is 27.7. The third-order valence-electron chi connectivity index (χ3n) is 5.28. The molecule has 0 aromatic heterocycles. The van der Waals surface area contributed by atoms with Gasteiger partial charge in [0.15, 0.2) is 0 Å². The van der Waals surface area contributed by atoms with E-state index in [1.54, 1.807) is 19.1 Å². The number of nitrogens with one attached hydrogen (secondary N) is 1. The molecule has 1 N–H and O–H groups in total. The number of sulfonamides is 1. The predicted octanol–water partition coefficient (Wildman–Crippen LogP) is 3.72. The van der Waals surface area contributed by atoms with E-state index in [9.17, 15) is 18.0 Å². The van der Waals surface area contributed by atoms with Crippen molar-refractivity contribution in [2.75, 3.05) is 23.7 Å². The highest BCUT2D eigenvalue weighted by Gasteiger charge is 2.30. The second kappa shape index (κ2) is 12.2. The number of hydrogen-bond donors (Lipinski definition) is 1. The van der Waals surface area contributed by atoms with Crippen LogP contribution >= 0.6 is 15.9 Å². The van der Waals surface area contributed by atoms with E-state index in [4.69, 9.17) is 0 Å². The average Bonchev–Trinajstić information content (AvgIpc) is 2.78. The van der Waals surface area contributed by atoms with Crippen molar-refractivity contribution >= 4 is 43.5 Å². The molecule has 0 saturated carbocycles. The number of anilines is 1. The lowest BCUT2D eigenvalue weighted by Gasteiger charge is -2.32. The van der Waals surface area contributed by atoms with Crippen LogP contribution in [0.4, 0.5) is 5.69 Å². The van der Waals surface area contributed by atoms with Gasteiger partial charge in [0.25, 0.3) is 0 Å². The van der Waals surface area contributed by atoms with Crippen LogP contribution in [-0.4, -0.2) is 50.5 Å². The average molecular weight is 539 g/mol. The van der Waals surface area contributed by atoms with Gasteiger partial charge in [0, 0.05) is 17.6 Å². The number of hydrogen-bond acceptors (Lipinski definition) is 4. The maximum atomic E-state index is 13.5. The van der Waals surface area contributed by atoms with Crippen molar-refractivity contribution in [1.82, 2.24) is 10.2 Å². The molecule has 0 radical (unpaired) electrons. The molecule has 2 aromatic carbocycles. The zero-order valence-electron chi connectivity index (χ0n) is 19.5. The number of para-hydroxylation sites is 1. The quantitative estimate of drug-likeness (QED) is 0.473. The SMILES string of the molecule is CCCNC(=O)[C@H](C)N(Cc1cccc(Br)c1)C(=O)CN(c1ccccc1CC)S(C)(=O)=O. The van der Waals surface area contributed by atoms with Crippen LogP contribution in [0.1, 0.15) is 38.3 Å². The van der Waals surface area contributed by atoms with Gasteiger partial charge in [-0.15, -0.1) is 0 Å². The first kappa shape index (κ1) is 26.9. The Morgan fingerprint density at radius 2 is 1.79 bits per heavy atom. The minimum Gasteiger partial charge on any atom is -0.354 e. The molecule has 0 spiro atoms. The van der Waals surface area contributed by atoms with Gasteiger partial charge in [-0.25, -0.2) is 8.42 Å². The molecule has 0 unspecified atom stereocenters. The summed E-state index contributed by atoms with van der Waals surface area (Å²) in [7, 11) is -3.74. The van der Waals surface area contributed by atoms with E-state index in [1.807, 2.05) is 50.2 Å². The monoisotopic (exact) mass is 537 g/mol. The molecule has 33 heavy (non-hydrogen) atoms. The van der Waals surface area contributed by atoms with Gasteiger partial charge in [-0.1, -0.05) is 60.1 Å². The fourth-order valence-corrected chi connectivity index (χ4v) is 4.79. The van der Waals surface area contributed by atoms with Crippen molar-refractivity contribution in [2.24, 2.45) is 0 Å². The van der Waals surface area contributed by atoms with Crippen molar-refractivity contribution < 1.29 is 18.0 Å². The lowest BCUT2D eigenvalue weighted by molar-refractivity contribution is -0.139. The maximum absolute atomic E-state index is 13.5. The number of nitrogens with zero attached hydrogens (tertiary/aromatic N) is 2. The molecule has 0 fully saturated rings. The first-order valence-electron chi connectivity index (χ1n) is 11.0. The first-order chi connectivity index (χ1) is 15.6. The van der Waals surface area contributed by atoms with Gasteiger partial charge >= 0.3 is 0 Å². The third-order valence-corrected chi connectivity index (χ3v) is 6.90. The number of carbonyl (C=O) groups excluding carboxylic acids is 2. The summed E-state index contributed by atoms with van der Waals surface area (Å²) in [5.74, 6) is -0.731. The molecule has 9 heteroatoms. The van der Waals surface area contributed by atoms with Crippen molar-refractivity contribution in [3.8, 4) is 0 Å². The number of rotatable bonds is 11. The summed E-state index contributed by atoms with van der Waals surface area (Å²) >= 11 is 3.43. The van der Waals surface area contributed by atoms with E-state index in [-0.39, 0.29) is 12.5 Å². The number of aryl methyl sites for hydroxylation is 1. The van der Waals surface area contributed by atoms with E-state index in [2.05, 4.69) is 21.2 Å². The van der Waals surface area contributed by atoms with Crippen LogP contribution in [0.15, 0.2) is 53.0 Å². The van der Waals surface area contributed by atoms with E-state index in [0.29, 0.717) is 18.7 Å². The molecule has 1 atom stereocenters. The molecule has 0 aliphatic rings. The Hall–Kier alpha value is -2.39. The highest BCUT2D eigenvalue weighted by atomic mass is 79.9. The Labute approximate surface area is 205 Å². The Morgan fingerprint density at radius 3 is 2.39 bits per heavy atom. The van der Waals surface area contributed by atoms with Gasteiger partial charge in [0.1, 0.15) is 12.6 Å². The standard InChI is InChI=1S/C24H32BrN3O4S/c1-5-14-26-24(30)18(3)27(16-19-10-9-12-21(25)15-19)23(29)17-28(33(4,31)32)22-13-8-7-11-20(22)6-2/h7-13,15,18H,5-6,14,16-17H2,1-4H3,(H,26,30)/t18-/m0/s1. The molecule has 0 saturated heterocycles. The minimum atomic E-state index is -3.74. The number of amides is 2. The Kier molecular flexibility index (Phi) is 9.91. The highest BCUT2D eigenvalue weighted by molar-refractivity contribution is 9.10. The normalized spacial score (nSPS) is 12.2. The summed E-state index contributed by atoms with van der Waals surface area (Å²) in [6, 6.07) is 13.8. The van der Waals surface area contributed by atoms with E-state index >= 15 is 0 Å². The van der Waals surface area contributed by atoms with E-state index in [1.165, 1.54) is 4.90 Å². The molecule has 0 bridgehead atoms. The molecule has 0 heterocycles. The molecule has 2 aromatic rings. The number of benzene rings is 2. The lowest BCUT2D eigenvalue weighted by Crippen LogP contribution is -2.51. The molecular formula is C24H32BrN3O4S. The Balaban J connectivity index is 2.41. The van der Waals surface area contributed by atoms with Gasteiger partial charge in [-0.3, -0.25) is 13.9 Å². The maximum Gasteiger partial charge on any atom is 0.244 e. The van der Waals surface area contributed by atoms with E-state index < -0.39 is 28.5 Å². The zero-order chi connectivity index (χ0) is 24.6. The van der Waals surface area contributed by atoms with Gasteiger partial charge in [-0.2, -0.15) is 0 Å². The van der Waals surface area contributed by atoms with Crippen molar-refractivity contribution in [2.45, 2.75) is 46.2 Å². The topological polar surface area (TPSA) is 86.8 Å². The van der Waals surface area contributed by atoms with Crippen LogP contribution in [-0.2, 0) is 32.6 Å². The number of halogens is 1. The molecule has 0 aliphatic heterocycles. The summed E-state index contributed by atoms with van der Waals surface area (Å²) in [5.41, 5.74) is 2.12. The molecule has 0 aliphatic carbocycles. The molecule has 7 nitrogen and oxygen atoms in total. The number of carbonyl (C=O) groups is 2. The summed E-state index contributed by atoms with van der Waals surface area (Å²) in [6.45, 7) is 5.82. The fourth-order valence-electron chi connectivity index (χ4n) is 3.46. The molecule has 2 rings (SSSR count). The van der Waals surface area contributed by atoms with Crippen molar-refractivity contribution in [1.29, 1.82) is 0 Å². The summed E-state index contributed by atoms with van der Waals surface area (Å²) < 4.78 is 27.3. The van der Waals surface area contributed by atoms with Crippen LogP contribution in [0.3, 0.4) is 0 Å². The molecular weight excluding hydrogens is 506 g/mol. The van der Waals surface area contributed by atoms with Gasteiger partial charge < -0.3 is 10.2 Å². The fraction of sp³-hybridized carbons (Fsp3) is 0.417. The van der Waals surface area contributed by atoms with Crippen LogP contribution in [0.25, 0.3) is 0 Å². The second-order valence-corrected chi connectivity index (χ2v) is 10.7. The van der Waals surface area contributed by atoms with Crippen molar-refractivity contribution in [3.63, 3.8) is 0 Å². The predicted molar refractivity (Wildman–Crippen MR) is 135 cm³/mol. The third kappa shape index (κ3) is 7.57. The smallest absolute Gasteiger partial charge is 0.244 e. The summed E-state index contributed by atoms with van der Waals surface area (Å²) in [6.07, 6.45) is 2.48. The molecule has 180 valence electrons. The Morgan fingerprint density at radius 1 is 1.09 bits per heavy atom. The highest BCUT2D eigenvalue weighted by Crippen LogP contribution is 2.24. The zero-order valence-corrected chi connectivity index (χ0v) is 21.9. The van der Waals surface area contributed by atoms with Crippen LogP contribution < -0.4 is 9.62 Å². The largest absolute Gasteiger partial charge is 0.354 e. The van der Waals surface area contributed by atoms with Crippen molar-refractivity contribution in [3.05, 3.63) is 64.1 Å². The van der Waals surface area contributed by atoms with Gasteiger partial charge in [-0.05, 0) is 49.1 Å². The van der Waals surface area contributed by atoms with Crippen LogP contribution in [0, 0.1) is 0 Å². The van der Waals surface area contributed by atoms with Crippen LogP contribution in [0.5, 0.6) is 0 Å². The van der Waals surface area contributed by atoms with E-state index in [0.717, 1.165) is 32.6 Å². The molecule has 2 amide bonds. The Bertz CT molecular complexity index is 1070. The first-order valence-corrected chi connectivity index (χ1v) is 13.6. The van der Waals surface area contributed by atoms with Gasteiger partial charge in [0.2, 0.25) is 21.8 Å².